The molecule has 1 aliphatic heterocycles. The van der Waals surface area contributed by atoms with Gasteiger partial charge in [-0.1, -0.05) is 20.8 Å². The van der Waals surface area contributed by atoms with Crippen LogP contribution >= 0.6 is 0 Å². The van der Waals surface area contributed by atoms with Gasteiger partial charge in [-0.25, -0.2) is 0 Å². The van der Waals surface area contributed by atoms with Gasteiger partial charge in [-0.05, 0) is 31.2 Å². The Balaban J connectivity index is 2.12. The van der Waals surface area contributed by atoms with Crippen LogP contribution in [0.4, 0.5) is 0 Å². The average molecular weight is 228 g/mol. The molecule has 1 fully saturated rings. The molecule has 0 aromatic carbocycles. The van der Waals surface area contributed by atoms with Crippen molar-refractivity contribution in [3.05, 3.63) is 0 Å². The van der Waals surface area contributed by atoms with E-state index in [2.05, 4.69) is 25.7 Å². The molecule has 3 nitrogen and oxygen atoms in total. The zero-order valence-electron chi connectivity index (χ0n) is 11.2. The molecule has 1 saturated heterocycles. The van der Waals surface area contributed by atoms with Gasteiger partial charge in [0.15, 0.2) is 0 Å². The minimum Gasteiger partial charge on any atom is -0.377 e. The first kappa shape index (κ1) is 13.9. The highest BCUT2D eigenvalue weighted by molar-refractivity contribution is 4.74. The maximum atomic E-state index is 5.67. The summed E-state index contributed by atoms with van der Waals surface area (Å²) in [6.45, 7) is 11.9. The van der Waals surface area contributed by atoms with Crippen LogP contribution in [-0.4, -0.2) is 43.8 Å². The molecule has 3 heteroatoms. The number of piperidine rings is 1. The maximum absolute atomic E-state index is 5.67. The lowest BCUT2D eigenvalue weighted by Gasteiger charge is -2.33. The second-order valence-corrected chi connectivity index (χ2v) is 6.01. The SMILES string of the molecule is CC(C)(C)CCN1CCC(OCCN)CC1. The lowest BCUT2D eigenvalue weighted by Crippen LogP contribution is -2.38. The summed E-state index contributed by atoms with van der Waals surface area (Å²) < 4.78 is 5.67. The highest BCUT2D eigenvalue weighted by Crippen LogP contribution is 2.21. The van der Waals surface area contributed by atoms with E-state index in [0.29, 0.717) is 24.7 Å². The van der Waals surface area contributed by atoms with Crippen molar-refractivity contribution in [2.75, 3.05) is 32.8 Å². The van der Waals surface area contributed by atoms with Crippen molar-refractivity contribution in [3.63, 3.8) is 0 Å². The third-order valence-electron chi connectivity index (χ3n) is 3.18. The van der Waals surface area contributed by atoms with Crippen molar-refractivity contribution in [1.82, 2.24) is 4.90 Å². The molecule has 0 spiro atoms. The Bertz CT molecular complexity index is 181. The molecule has 0 saturated carbocycles. The van der Waals surface area contributed by atoms with Crippen molar-refractivity contribution in [3.8, 4) is 0 Å². The minimum atomic E-state index is 0.451. The fourth-order valence-corrected chi connectivity index (χ4v) is 2.03. The van der Waals surface area contributed by atoms with Gasteiger partial charge >= 0.3 is 0 Å². The monoisotopic (exact) mass is 228 g/mol. The Morgan fingerprint density at radius 2 is 1.88 bits per heavy atom. The van der Waals surface area contributed by atoms with E-state index in [9.17, 15) is 0 Å². The molecular weight excluding hydrogens is 200 g/mol. The number of nitrogens with zero attached hydrogens (tertiary/aromatic N) is 1. The Morgan fingerprint density at radius 3 is 2.38 bits per heavy atom. The van der Waals surface area contributed by atoms with Crippen LogP contribution in [0.5, 0.6) is 0 Å². The number of hydrogen-bond acceptors (Lipinski definition) is 3. The smallest absolute Gasteiger partial charge is 0.0600 e. The van der Waals surface area contributed by atoms with E-state index in [1.807, 2.05) is 0 Å². The summed E-state index contributed by atoms with van der Waals surface area (Å²) in [6, 6.07) is 0. The largest absolute Gasteiger partial charge is 0.377 e. The molecule has 0 atom stereocenters. The number of hydrogen-bond donors (Lipinski definition) is 1. The second-order valence-electron chi connectivity index (χ2n) is 6.01. The predicted molar refractivity (Wildman–Crippen MR) is 68.5 cm³/mol. The summed E-state index contributed by atoms with van der Waals surface area (Å²) in [6.07, 6.45) is 4.07. The van der Waals surface area contributed by atoms with Crippen LogP contribution in [0.2, 0.25) is 0 Å². The van der Waals surface area contributed by atoms with Crippen molar-refractivity contribution >= 4 is 0 Å². The lowest BCUT2D eigenvalue weighted by molar-refractivity contribution is 0.00973. The topological polar surface area (TPSA) is 38.5 Å². The van der Waals surface area contributed by atoms with Crippen LogP contribution in [0.15, 0.2) is 0 Å². The summed E-state index contributed by atoms with van der Waals surface area (Å²) in [5.74, 6) is 0. The Labute approximate surface area is 100 Å². The molecule has 1 aliphatic rings. The van der Waals surface area contributed by atoms with E-state index in [-0.39, 0.29) is 0 Å². The summed E-state index contributed by atoms with van der Waals surface area (Å²) in [4.78, 5) is 2.56. The lowest BCUT2D eigenvalue weighted by atomic mass is 9.91. The van der Waals surface area contributed by atoms with Gasteiger partial charge in [0.2, 0.25) is 0 Å². The highest BCUT2D eigenvalue weighted by Gasteiger charge is 2.20. The normalized spacial score (nSPS) is 20.2. The Kier molecular flexibility index (Phi) is 5.73. The van der Waals surface area contributed by atoms with Gasteiger partial charge < -0.3 is 15.4 Å². The molecule has 1 rings (SSSR count). The Hall–Kier alpha value is -0.120. The van der Waals surface area contributed by atoms with Crippen LogP contribution in [0.3, 0.4) is 0 Å². The van der Waals surface area contributed by atoms with Crippen LogP contribution in [0.1, 0.15) is 40.0 Å². The molecule has 0 radical (unpaired) electrons. The first-order chi connectivity index (χ1) is 7.51. The number of ether oxygens (including phenoxy) is 1. The van der Waals surface area contributed by atoms with Crippen LogP contribution in [-0.2, 0) is 4.74 Å². The zero-order chi connectivity index (χ0) is 12.0. The molecule has 0 aliphatic carbocycles. The number of rotatable bonds is 5. The first-order valence-electron chi connectivity index (χ1n) is 6.55. The van der Waals surface area contributed by atoms with Crippen molar-refractivity contribution in [2.45, 2.75) is 46.1 Å². The Morgan fingerprint density at radius 1 is 1.25 bits per heavy atom. The third kappa shape index (κ3) is 5.83. The van der Waals surface area contributed by atoms with Gasteiger partial charge in [0.25, 0.3) is 0 Å². The standard InChI is InChI=1S/C13H28N2O/c1-13(2,3)6-10-15-8-4-12(5-9-15)16-11-7-14/h12H,4-11,14H2,1-3H3. The van der Waals surface area contributed by atoms with E-state index in [4.69, 9.17) is 10.5 Å². The molecule has 0 aromatic rings. The first-order valence-corrected chi connectivity index (χ1v) is 6.55. The molecule has 2 N–H and O–H groups in total. The minimum absolute atomic E-state index is 0.451. The van der Waals surface area contributed by atoms with E-state index < -0.39 is 0 Å². The van der Waals surface area contributed by atoms with Gasteiger partial charge in [0, 0.05) is 19.6 Å². The van der Waals surface area contributed by atoms with Crippen LogP contribution in [0.25, 0.3) is 0 Å². The fraction of sp³-hybridized carbons (Fsp3) is 1.00. The zero-order valence-corrected chi connectivity index (χ0v) is 11.2. The summed E-state index contributed by atoms with van der Waals surface area (Å²) in [7, 11) is 0. The molecule has 0 bridgehead atoms. The average Bonchev–Trinajstić information content (AvgIpc) is 2.24. The van der Waals surface area contributed by atoms with Gasteiger partial charge in [-0.2, -0.15) is 0 Å². The quantitative estimate of drug-likeness (QED) is 0.780. The van der Waals surface area contributed by atoms with Crippen molar-refractivity contribution in [1.29, 1.82) is 0 Å². The van der Waals surface area contributed by atoms with Crippen LogP contribution in [0, 0.1) is 5.41 Å². The van der Waals surface area contributed by atoms with Crippen molar-refractivity contribution in [2.24, 2.45) is 11.1 Å². The van der Waals surface area contributed by atoms with Gasteiger partial charge in [-0.3, -0.25) is 0 Å². The number of likely N-dealkylation sites (tertiary alicyclic amines) is 1. The summed E-state index contributed by atoms with van der Waals surface area (Å²) in [5, 5.41) is 0. The summed E-state index contributed by atoms with van der Waals surface area (Å²) in [5.41, 5.74) is 5.88. The summed E-state index contributed by atoms with van der Waals surface area (Å²) >= 11 is 0. The van der Waals surface area contributed by atoms with E-state index in [0.717, 1.165) is 0 Å². The maximum Gasteiger partial charge on any atom is 0.0600 e. The van der Waals surface area contributed by atoms with E-state index in [1.54, 1.807) is 0 Å². The molecule has 96 valence electrons. The molecule has 1 heterocycles. The van der Waals surface area contributed by atoms with E-state index >= 15 is 0 Å². The third-order valence-corrected chi connectivity index (χ3v) is 3.18. The highest BCUT2D eigenvalue weighted by atomic mass is 16.5. The van der Waals surface area contributed by atoms with Crippen LogP contribution < -0.4 is 5.73 Å². The molecule has 0 aromatic heterocycles. The van der Waals surface area contributed by atoms with Gasteiger partial charge in [0.05, 0.1) is 12.7 Å². The predicted octanol–water partition coefficient (Wildman–Crippen LogP) is 1.86. The van der Waals surface area contributed by atoms with Gasteiger partial charge in [0.1, 0.15) is 0 Å². The molecule has 0 unspecified atom stereocenters. The molecule has 16 heavy (non-hydrogen) atoms. The number of nitrogens with two attached hydrogens (primary N) is 1. The van der Waals surface area contributed by atoms with E-state index in [1.165, 1.54) is 38.9 Å². The van der Waals surface area contributed by atoms with Crippen molar-refractivity contribution < 1.29 is 4.74 Å². The fourth-order valence-electron chi connectivity index (χ4n) is 2.03. The van der Waals surface area contributed by atoms with Gasteiger partial charge in [-0.15, -0.1) is 0 Å². The molecular formula is C13H28N2O. The molecule has 0 amide bonds. The second kappa shape index (κ2) is 6.58.